The molecule has 0 radical (unpaired) electrons. The van der Waals surface area contributed by atoms with Crippen molar-refractivity contribution >= 4 is 5.69 Å². The van der Waals surface area contributed by atoms with Crippen LogP contribution in [0.1, 0.15) is 17.2 Å². The Morgan fingerprint density at radius 1 is 1.06 bits per heavy atom. The van der Waals surface area contributed by atoms with E-state index >= 15 is 0 Å². The number of nitriles is 1. The van der Waals surface area contributed by atoms with Gasteiger partial charge in [0, 0.05) is 5.69 Å². The third-order valence-corrected chi connectivity index (χ3v) is 2.74. The second-order valence-electron chi connectivity index (χ2n) is 3.98. The number of aliphatic hydroxyl groups is 1. The standard InChI is InChI=1S/C15H14N2O/c16-10-12-6-8-14(9-7-12)17-15(11-18)13-4-2-1-3-5-13/h1-9,15,17-18H,11H2. The van der Waals surface area contributed by atoms with Crippen molar-refractivity contribution in [1.29, 1.82) is 5.26 Å². The van der Waals surface area contributed by atoms with Crippen molar-refractivity contribution in [3.8, 4) is 6.07 Å². The molecule has 0 fully saturated rings. The van der Waals surface area contributed by atoms with E-state index in [-0.39, 0.29) is 12.6 Å². The summed E-state index contributed by atoms with van der Waals surface area (Å²) in [6.45, 7) is 0.0179. The van der Waals surface area contributed by atoms with Gasteiger partial charge < -0.3 is 10.4 Å². The minimum Gasteiger partial charge on any atom is -0.394 e. The van der Waals surface area contributed by atoms with E-state index in [1.807, 2.05) is 42.5 Å². The second-order valence-corrected chi connectivity index (χ2v) is 3.98. The van der Waals surface area contributed by atoms with Gasteiger partial charge in [0.25, 0.3) is 0 Å². The molecule has 18 heavy (non-hydrogen) atoms. The Morgan fingerprint density at radius 3 is 2.28 bits per heavy atom. The summed E-state index contributed by atoms with van der Waals surface area (Å²) in [4.78, 5) is 0. The van der Waals surface area contributed by atoms with Crippen molar-refractivity contribution in [3.05, 3.63) is 65.7 Å². The maximum absolute atomic E-state index is 9.43. The molecule has 2 aromatic carbocycles. The molecule has 0 aromatic heterocycles. The summed E-state index contributed by atoms with van der Waals surface area (Å²) in [6, 6.07) is 18.9. The Morgan fingerprint density at radius 2 is 1.72 bits per heavy atom. The molecule has 0 bridgehead atoms. The summed E-state index contributed by atoms with van der Waals surface area (Å²) in [5.74, 6) is 0. The molecule has 0 aliphatic carbocycles. The van der Waals surface area contributed by atoms with Crippen molar-refractivity contribution < 1.29 is 5.11 Å². The van der Waals surface area contributed by atoms with Crippen LogP contribution in [0.4, 0.5) is 5.69 Å². The van der Waals surface area contributed by atoms with Crippen LogP contribution in [0.15, 0.2) is 54.6 Å². The molecule has 0 amide bonds. The van der Waals surface area contributed by atoms with Crippen LogP contribution in [-0.4, -0.2) is 11.7 Å². The van der Waals surface area contributed by atoms with Gasteiger partial charge in [-0.05, 0) is 29.8 Å². The Bertz CT molecular complexity index is 529. The molecule has 3 nitrogen and oxygen atoms in total. The van der Waals surface area contributed by atoms with Crippen LogP contribution >= 0.6 is 0 Å². The van der Waals surface area contributed by atoms with Crippen molar-refractivity contribution in [2.24, 2.45) is 0 Å². The van der Waals surface area contributed by atoms with Crippen LogP contribution in [0.3, 0.4) is 0 Å². The van der Waals surface area contributed by atoms with E-state index in [1.54, 1.807) is 12.1 Å². The first-order valence-corrected chi connectivity index (χ1v) is 5.76. The third kappa shape index (κ3) is 2.88. The minimum absolute atomic E-state index is 0.0179. The first kappa shape index (κ1) is 12.2. The third-order valence-electron chi connectivity index (χ3n) is 2.74. The summed E-state index contributed by atoms with van der Waals surface area (Å²) >= 11 is 0. The Balaban J connectivity index is 2.13. The maximum atomic E-state index is 9.43. The average Bonchev–Trinajstić information content (AvgIpc) is 2.46. The zero-order valence-corrected chi connectivity index (χ0v) is 9.88. The highest BCUT2D eigenvalue weighted by molar-refractivity contribution is 5.49. The van der Waals surface area contributed by atoms with E-state index < -0.39 is 0 Å². The predicted molar refractivity (Wildman–Crippen MR) is 71.0 cm³/mol. The van der Waals surface area contributed by atoms with Crippen LogP contribution < -0.4 is 5.32 Å². The number of hydrogen-bond donors (Lipinski definition) is 2. The minimum atomic E-state index is -0.140. The molecule has 90 valence electrons. The summed E-state index contributed by atoms with van der Waals surface area (Å²) < 4.78 is 0. The lowest BCUT2D eigenvalue weighted by atomic mass is 10.1. The lowest BCUT2D eigenvalue weighted by molar-refractivity contribution is 0.276. The van der Waals surface area contributed by atoms with Gasteiger partial charge in [0.2, 0.25) is 0 Å². The summed E-state index contributed by atoms with van der Waals surface area (Å²) in [7, 11) is 0. The largest absolute Gasteiger partial charge is 0.394 e. The Labute approximate surface area is 106 Å². The normalized spacial score (nSPS) is 11.6. The van der Waals surface area contributed by atoms with Gasteiger partial charge in [0.15, 0.2) is 0 Å². The van der Waals surface area contributed by atoms with Gasteiger partial charge >= 0.3 is 0 Å². The molecule has 0 aliphatic heterocycles. The van der Waals surface area contributed by atoms with Crippen LogP contribution in [0.2, 0.25) is 0 Å². The van der Waals surface area contributed by atoms with Crippen LogP contribution in [-0.2, 0) is 0 Å². The molecule has 3 heteroatoms. The van der Waals surface area contributed by atoms with E-state index in [4.69, 9.17) is 5.26 Å². The number of nitrogens with zero attached hydrogens (tertiary/aromatic N) is 1. The van der Waals surface area contributed by atoms with E-state index in [0.717, 1.165) is 11.3 Å². The SMILES string of the molecule is N#Cc1ccc(NC(CO)c2ccccc2)cc1. The highest BCUT2D eigenvalue weighted by Crippen LogP contribution is 2.19. The highest BCUT2D eigenvalue weighted by Gasteiger charge is 2.09. The molecule has 0 heterocycles. The molecule has 0 saturated heterocycles. The number of anilines is 1. The highest BCUT2D eigenvalue weighted by atomic mass is 16.3. The molecular weight excluding hydrogens is 224 g/mol. The van der Waals surface area contributed by atoms with E-state index in [2.05, 4.69) is 11.4 Å². The maximum Gasteiger partial charge on any atom is 0.0991 e. The van der Waals surface area contributed by atoms with Crippen molar-refractivity contribution in [2.75, 3.05) is 11.9 Å². The van der Waals surface area contributed by atoms with Crippen LogP contribution in [0, 0.1) is 11.3 Å². The lowest BCUT2D eigenvalue weighted by Crippen LogP contribution is -2.14. The van der Waals surface area contributed by atoms with Gasteiger partial charge in [0.05, 0.1) is 24.3 Å². The predicted octanol–water partition coefficient (Wildman–Crippen LogP) is 2.70. The van der Waals surface area contributed by atoms with Gasteiger partial charge in [0.1, 0.15) is 0 Å². The zero-order chi connectivity index (χ0) is 12.8. The van der Waals surface area contributed by atoms with Gasteiger partial charge in [-0.3, -0.25) is 0 Å². The van der Waals surface area contributed by atoms with Crippen molar-refractivity contribution in [1.82, 2.24) is 0 Å². The molecule has 0 aliphatic rings. The number of aliphatic hydroxyl groups excluding tert-OH is 1. The molecule has 1 unspecified atom stereocenters. The van der Waals surface area contributed by atoms with Gasteiger partial charge in [-0.2, -0.15) is 5.26 Å². The fourth-order valence-electron chi connectivity index (χ4n) is 1.76. The Kier molecular flexibility index (Phi) is 3.95. The lowest BCUT2D eigenvalue weighted by Gasteiger charge is -2.18. The van der Waals surface area contributed by atoms with Crippen LogP contribution in [0.25, 0.3) is 0 Å². The number of benzene rings is 2. The molecule has 2 N–H and O–H groups in total. The molecule has 2 rings (SSSR count). The van der Waals surface area contributed by atoms with Gasteiger partial charge in [-0.1, -0.05) is 30.3 Å². The van der Waals surface area contributed by atoms with E-state index in [9.17, 15) is 5.11 Å². The summed E-state index contributed by atoms with van der Waals surface area (Å²) in [5.41, 5.74) is 2.54. The first-order valence-electron chi connectivity index (χ1n) is 5.76. The topological polar surface area (TPSA) is 56.0 Å². The van der Waals surface area contributed by atoms with Crippen molar-refractivity contribution in [3.63, 3.8) is 0 Å². The summed E-state index contributed by atoms with van der Waals surface area (Å²) in [5, 5.41) is 21.4. The van der Waals surface area contributed by atoms with Gasteiger partial charge in [-0.25, -0.2) is 0 Å². The smallest absolute Gasteiger partial charge is 0.0991 e. The first-order chi connectivity index (χ1) is 8.83. The van der Waals surface area contributed by atoms with Gasteiger partial charge in [-0.15, -0.1) is 0 Å². The molecule has 2 aromatic rings. The summed E-state index contributed by atoms with van der Waals surface area (Å²) in [6.07, 6.45) is 0. The molecule has 0 spiro atoms. The molecule has 0 saturated carbocycles. The molecular formula is C15H14N2O. The number of rotatable bonds is 4. The monoisotopic (exact) mass is 238 g/mol. The van der Waals surface area contributed by atoms with E-state index in [0.29, 0.717) is 5.56 Å². The fraction of sp³-hybridized carbons (Fsp3) is 0.133. The number of nitrogens with one attached hydrogen (secondary N) is 1. The van der Waals surface area contributed by atoms with Crippen LogP contribution in [0.5, 0.6) is 0 Å². The number of hydrogen-bond acceptors (Lipinski definition) is 3. The zero-order valence-electron chi connectivity index (χ0n) is 9.88. The average molecular weight is 238 g/mol. The Hall–Kier alpha value is -2.31. The van der Waals surface area contributed by atoms with Crippen molar-refractivity contribution in [2.45, 2.75) is 6.04 Å². The quantitative estimate of drug-likeness (QED) is 0.861. The van der Waals surface area contributed by atoms with E-state index in [1.165, 1.54) is 0 Å². The second kappa shape index (κ2) is 5.85. The molecule has 1 atom stereocenters. The fourth-order valence-corrected chi connectivity index (χ4v) is 1.76.